The fourth-order valence-corrected chi connectivity index (χ4v) is 2.14. The van der Waals surface area contributed by atoms with Crippen LogP contribution >= 0.6 is 0 Å². The minimum atomic E-state index is -0.389. The topological polar surface area (TPSA) is 64.4 Å². The molecule has 0 aliphatic rings. The fraction of sp³-hybridized carbons (Fsp3) is 0.176. The first-order valence-electron chi connectivity index (χ1n) is 6.87. The van der Waals surface area contributed by atoms with Crippen molar-refractivity contribution in [2.75, 3.05) is 7.11 Å². The van der Waals surface area contributed by atoms with Crippen molar-refractivity contribution in [2.45, 2.75) is 13.1 Å². The molecular formula is C17H18N2O3. The van der Waals surface area contributed by atoms with Gasteiger partial charge in [-0.2, -0.15) is 0 Å². The smallest absolute Gasteiger partial charge is 0.269 e. The van der Waals surface area contributed by atoms with E-state index in [1.165, 1.54) is 6.07 Å². The second-order valence-electron chi connectivity index (χ2n) is 4.80. The predicted octanol–water partition coefficient (Wildman–Crippen LogP) is 3.54. The molecule has 0 radical (unpaired) electrons. The highest BCUT2D eigenvalue weighted by Crippen LogP contribution is 2.19. The van der Waals surface area contributed by atoms with Gasteiger partial charge in [-0.05, 0) is 34.9 Å². The first-order chi connectivity index (χ1) is 10.6. The van der Waals surface area contributed by atoms with Crippen LogP contribution in [0.5, 0.6) is 5.75 Å². The number of ether oxygens (including phenoxy) is 1. The molecule has 0 atom stereocenters. The summed E-state index contributed by atoms with van der Waals surface area (Å²) < 4.78 is 5.11. The summed E-state index contributed by atoms with van der Waals surface area (Å²) in [4.78, 5) is 10.5. The number of hydrogen-bond acceptors (Lipinski definition) is 4. The van der Waals surface area contributed by atoms with Gasteiger partial charge in [0.15, 0.2) is 0 Å². The number of nitro benzene ring substituents is 1. The molecule has 0 spiro atoms. The van der Waals surface area contributed by atoms with Crippen molar-refractivity contribution < 1.29 is 9.66 Å². The van der Waals surface area contributed by atoms with Crippen molar-refractivity contribution in [2.24, 2.45) is 0 Å². The van der Waals surface area contributed by atoms with Crippen molar-refractivity contribution in [1.29, 1.82) is 0 Å². The Morgan fingerprint density at radius 2 is 1.95 bits per heavy atom. The number of methoxy groups -OCH3 is 1. The summed E-state index contributed by atoms with van der Waals surface area (Å²) in [5.41, 5.74) is 2.96. The maximum Gasteiger partial charge on any atom is 0.269 e. The van der Waals surface area contributed by atoms with Crippen LogP contribution in [-0.2, 0) is 13.1 Å². The summed E-state index contributed by atoms with van der Waals surface area (Å²) in [5.74, 6) is 0.816. The van der Waals surface area contributed by atoms with Crippen molar-refractivity contribution >= 4 is 11.8 Å². The van der Waals surface area contributed by atoms with Gasteiger partial charge in [0.2, 0.25) is 0 Å². The van der Waals surface area contributed by atoms with Gasteiger partial charge in [-0.3, -0.25) is 10.1 Å². The monoisotopic (exact) mass is 298 g/mol. The van der Waals surface area contributed by atoms with E-state index in [1.54, 1.807) is 25.3 Å². The van der Waals surface area contributed by atoms with Crippen molar-refractivity contribution in [3.05, 3.63) is 75.8 Å². The van der Waals surface area contributed by atoms with Gasteiger partial charge in [0.25, 0.3) is 5.69 Å². The van der Waals surface area contributed by atoms with Gasteiger partial charge in [-0.15, -0.1) is 0 Å². The summed E-state index contributed by atoms with van der Waals surface area (Å²) in [6, 6.07) is 12.6. The summed E-state index contributed by atoms with van der Waals surface area (Å²) in [6.45, 7) is 4.95. The Hall–Kier alpha value is -2.66. The molecule has 0 bridgehead atoms. The van der Waals surface area contributed by atoms with Crippen LogP contribution in [0.2, 0.25) is 0 Å². The Balaban J connectivity index is 2.02. The molecule has 2 aromatic rings. The largest absolute Gasteiger partial charge is 0.497 e. The van der Waals surface area contributed by atoms with Gasteiger partial charge in [-0.1, -0.05) is 24.8 Å². The van der Waals surface area contributed by atoms with Crippen LogP contribution in [0.4, 0.5) is 5.69 Å². The van der Waals surface area contributed by atoms with E-state index in [-0.39, 0.29) is 10.6 Å². The van der Waals surface area contributed by atoms with Gasteiger partial charge in [0.05, 0.1) is 12.0 Å². The van der Waals surface area contributed by atoms with E-state index in [0.717, 1.165) is 22.4 Å². The van der Waals surface area contributed by atoms with E-state index in [4.69, 9.17) is 4.74 Å². The van der Waals surface area contributed by atoms with E-state index < -0.39 is 0 Å². The Bertz CT molecular complexity index is 666. The summed E-state index contributed by atoms with van der Waals surface area (Å²) in [5, 5.41) is 14.1. The first-order valence-corrected chi connectivity index (χ1v) is 6.87. The number of nitrogens with zero attached hydrogens (tertiary/aromatic N) is 1. The molecule has 2 aromatic carbocycles. The Morgan fingerprint density at radius 3 is 2.55 bits per heavy atom. The van der Waals surface area contributed by atoms with E-state index in [1.807, 2.05) is 24.3 Å². The fourth-order valence-electron chi connectivity index (χ4n) is 2.14. The first kappa shape index (κ1) is 15.7. The number of nitrogens with one attached hydrogen (secondary N) is 1. The van der Waals surface area contributed by atoms with Gasteiger partial charge in [-0.25, -0.2) is 0 Å². The van der Waals surface area contributed by atoms with Crippen molar-refractivity contribution in [1.82, 2.24) is 5.32 Å². The van der Waals surface area contributed by atoms with Gasteiger partial charge in [0.1, 0.15) is 5.75 Å². The average molecular weight is 298 g/mol. The van der Waals surface area contributed by atoms with Crippen molar-refractivity contribution in [3.63, 3.8) is 0 Å². The van der Waals surface area contributed by atoms with Gasteiger partial charge >= 0.3 is 0 Å². The lowest BCUT2D eigenvalue weighted by Crippen LogP contribution is -2.13. The highest BCUT2D eigenvalue weighted by Gasteiger charge is 2.09. The lowest BCUT2D eigenvalue weighted by molar-refractivity contribution is -0.384. The molecule has 0 aliphatic carbocycles. The molecule has 5 heteroatoms. The maximum atomic E-state index is 10.9. The zero-order chi connectivity index (χ0) is 15.9. The molecule has 0 amide bonds. The molecule has 114 valence electrons. The number of hydrogen-bond donors (Lipinski definition) is 1. The Kier molecular flexibility index (Phi) is 5.27. The lowest BCUT2D eigenvalue weighted by Gasteiger charge is -2.09. The molecule has 0 unspecified atom stereocenters. The SMILES string of the molecule is C=Cc1ccc([N+](=O)[O-])cc1CNCc1ccc(OC)cc1. The molecule has 0 aliphatic heterocycles. The van der Waals surface area contributed by atoms with E-state index in [2.05, 4.69) is 11.9 Å². The van der Waals surface area contributed by atoms with Gasteiger partial charge < -0.3 is 10.1 Å². The second kappa shape index (κ2) is 7.38. The molecule has 22 heavy (non-hydrogen) atoms. The second-order valence-corrected chi connectivity index (χ2v) is 4.80. The Morgan fingerprint density at radius 1 is 1.23 bits per heavy atom. The third kappa shape index (κ3) is 3.93. The van der Waals surface area contributed by atoms with Gasteiger partial charge in [0, 0.05) is 25.2 Å². The highest BCUT2D eigenvalue weighted by molar-refractivity contribution is 5.55. The van der Waals surface area contributed by atoms with E-state index in [9.17, 15) is 10.1 Å². The molecule has 0 saturated carbocycles. The normalized spacial score (nSPS) is 10.2. The molecule has 0 saturated heterocycles. The van der Waals surface area contributed by atoms with Crippen LogP contribution in [-0.4, -0.2) is 12.0 Å². The average Bonchev–Trinajstić information content (AvgIpc) is 2.55. The molecule has 5 nitrogen and oxygen atoms in total. The molecular weight excluding hydrogens is 280 g/mol. The number of rotatable bonds is 7. The molecule has 0 heterocycles. The third-order valence-corrected chi connectivity index (χ3v) is 3.36. The van der Waals surface area contributed by atoms with E-state index >= 15 is 0 Å². The molecule has 0 aromatic heterocycles. The summed E-state index contributed by atoms with van der Waals surface area (Å²) in [7, 11) is 1.63. The van der Waals surface area contributed by atoms with Crippen LogP contribution in [0.1, 0.15) is 16.7 Å². The number of non-ortho nitro benzene ring substituents is 1. The maximum absolute atomic E-state index is 10.9. The van der Waals surface area contributed by atoms with E-state index in [0.29, 0.717) is 13.1 Å². The molecule has 0 fully saturated rings. The minimum Gasteiger partial charge on any atom is -0.497 e. The molecule has 1 N–H and O–H groups in total. The van der Waals surface area contributed by atoms with Crippen molar-refractivity contribution in [3.8, 4) is 5.75 Å². The van der Waals surface area contributed by atoms with Crippen LogP contribution in [0.25, 0.3) is 6.08 Å². The summed E-state index contributed by atoms with van der Waals surface area (Å²) in [6.07, 6.45) is 1.70. The standard InChI is InChI=1S/C17H18N2O3/c1-3-14-6-7-16(19(20)21)10-15(14)12-18-11-13-4-8-17(22-2)9-5-13/h3-10,18H,1,11-12H2,2H3. The number of nitro groups is 1. The zero-order valence-corrected chi connectivity index (χ0v) is 12.4. The number of benzene rings is 2. The quantitative estimate of drug-likeness (QED) is 0.627. The zero-order valence-electron chi connectivity index (χ0n) is 12.4. The summed E-state index contributed by atoms with van der Waals surface area (Å²) >= 11 is 0. The Labute approximate surface area is 129 Å². The molecule has 2 rings (SSSR count). The van der Waals surface area contributed by atoms with Crippen LogP contribution in [0.15, 0.2) is 49.0 Å². The lowest BCUT2D eigenvalue weighted by atomic mass is 10.1. The highest BCUT2D eigenvalue weighted by atomic mass is 16.6. The van der Waals surface area contributed by atoms with Crippen LogP contribution in [0, 0.1) is 10.1 Å². The minimum absolute atomic E-state index is 0.0897. The predicted molar refractivity (Wildman–Crippen MR) is 86.7 cm³/mol. The third-order valence-electron chi connectivity index (χ3n) is 3.36. The van der Waals surface area contributed by atoms with Crippen LogP contribution < -0.4 is 10.1 Å². The van der Waals surface area contributed by atoms with Crippen LogP contribution in [0.3, 0.4) is 0 Å².